The fourth-order valence-corrected chi connectivity index (χ4v) is 4.13. The lowest BCUT2D eigenvalue weighted by Crippen LogP contribution is -1.95. The number of aromatic nitrogens is 8. The number of fused-ring (bicyclic) bond motifs is 1. The molecule has 0 unspecified atom stereocenters. The van der Waals surface area contributed by atoms with Gasteiger partial charge in [0, 0.05) is 32.1 Å². The number of halogens is 1. The Morgan fingerprint density at radius 2 is 1.91 bits per heavy atom. The van der Waals surface area contributed by atoms with Gasteiger partial charge >= 0.3 is 0 Å². The van der Waals surface area contributed by atoms with E-state index in [1.807, 2.05) is 49.4 Å². The van der Waals surface area contributed by atoms with Crippen LogP contribution in [0.1, 0.15) is 19.9 Å². The van der Waals surface area contributed by atoms with E-state index in [0.717, 1.165) is 50.6 Å². The molecule has 35 heavy (non-hydrogen) atoms. The largest absolute Gasteiger partial charge is 0.340 e. The summed E-state index contributed by atoms with van der Waals surface area (Å²) in [5.74, 6) is 0.527. The van der Waals surface area contributed by atoms with Gasteiger partial charge in [0.05, 0.1) is 28.2 Å². The smallest absolute Gasteiger partial charge is 0.207 e. The van der Waals surface area contributed by atoms with Gasteiger partial charge in [0.1, 0.15) is 11.6 Å². The van der Waals surface area contributed by atoms with Gasteiger partial charge in [-0.25, -0.2) is 9.37 Å². The molecular weight excluding hydrogens is 443 g/mol. The number of benzene rings is 2. The molecule has 0 aliphatic rings. The predicted molar refractivity (Wildman–Crippen MR) is 134 cm³/mol. The number of tetrazole rings is 1. The molecule has 0 radical (unpaired) electrons. The zero-order chi connectivity index (χ0) is 23.8. The molecule has 0 aliphatic heterocycles. The summed E-state index contributed by atoms with van der Waals surface area (Å²) in [5, 5.41) is 14.7. The quantitative estimate of drug-likeness (QED) is 0.352. The Morgan fingerprint density at radius 1 is 0.971 bits per heavy atom. The number of aryl methyl sites for hydroxylation is 1. The van der Waals surface area contributed by atoms with Crippen LogP contribution < -0.4 is 0 Å². The van der Waals surface area contributed by atoms with E-state index < -0.39 is 5.82 Å². The highest BCUT2D eigenvalue weighted by Crippen LogP contribution is 2.32. The SMILES string of the molecule is Cc1cccc(-c2[nH]c(Cc3ccc(F)c(-c4nn[nH]n4)c3)nc2-c2ccc3ncccc3c2)n1.[HH].[HH]. The Kier molecular flexibility index (Phi) is 5.07. The van der Waals surface area contributed by atoms with Gasteiger partial charge in [-0.1, -0.05) is 24.3 Å². The van der Waals surface area contributed by atoms with E-state index in [1.54, 1.807) is 18.3 Å². The number of H-pyrrole nitrogens is 2. The highest BCUT2D eigenvalue weighted by Gasteiger charge is 2.17. The van der Waals surface area contributed by atoms with Crippen molar-refractivity contribution in [3.63, 3.8) is 0 Å². The maximum atomic E-state index is 14.4. The van der Waals surface area contributed by atoms with Gasteiger partial charge in [0.15, 0.2) is 0 Å². The molecule has 6 rings (SSSR count). The number of hydrogen-bond acceptors (Lipinski definition) is 6. The summed E-state index contributed by atoms with van der Waals surface area (Å²) in [6.07, 6.45) is 2.24. The van der Waals surface area contributed by atoms with Crippen LogP contribution in [0.25, 0.3) is 44.9 Å². The fourth-order valence-electron chi connectivity index (χ4n) is 4.13. The second-order valence-electron chi connectivity index (χ2n) is 8.21. The standard InChI is InChI=1S/C26H19FN8.2H2/c1-15-4-2-6-22(29-15)25-24(18-8-10-21-17(14-18)5-3-11-28-21)30-23(31-25)13-16-7-9-20(27)19(12-16)26-32-34-35-33-26;;/h2-12,14H,13H2,1H3,(H,30,31)(H,32,33,34,35);2*1H. The summed E-state index contributed by atoms with van der Waals surface area (Å²) in [7, 11) is 0. The maximum absolute atomic E-state index is 14.4. The molecule has 0 spiro atoms. The maximum Gasteiger partial charge on any atom is 0.207 e. The number of pyridine rings is 2. The molecule has 0 fully saturated rings. The second kappa shape index (κ2) is 8.53. The average molecular weight is 467 g/mol. The van der Waals surface area contributed by atoms with Gasteiger partial charge in [-0.2, -0.15) is 5.21 Å². The Morgan fingerprint density at radius 3 is 2.77 bits per heavy atom. The molecule has 4 aromatic heterocycles. The molecule has 2 N–H and O–H groups in total. The Balaban J connectivity index is 0.00000160. The van der Waals surface area contributed by atoms with Crippen LogP contribution in [0.4, 0.5) is 4.39 Å². The molecule has 9 heteroatoms. The van der Waals surface area contributed by atoms with E-state index in [4.69, 9.17) is 9.97 Å². The van der Waals surface area contributed by atoms with Crippen LogP contribution in [-0.4, -0.2) is 40.6 Å². The first-order valence-corrected chi connectivity index (χ1v) is 11.0. The molecule has 174 valence electrons. The molecule has 6 aromatic rings. The minimum absolute atomic E-state index is 0. The molecule has 0 bridgehead atoms. The lowest BCUT2D eigenvalue weighted by molar-refractivity contribution is 0.629. The average Bonchev–Trinajstić information content (AvgIpc) is 3.56. The number of imidazole rings is 1. The molecular formula is C26H23FN8. The van der Waals surface area contributed by atoms with Crippen molar-refractivity contribution < 1.29 is 7.24 Å². The van der Waals surface area contributed by atoms with E-state index in [1.165, 1.54) is 6.07 Å². The van der Waals surface area contributed by atoms with Crippen LogP contribution in [0.15, 0.2) is 72.9 Å². The summed E-state index contributed by atoms with van der Waals surface area (Å²) in [6, 6.07) is 20.8. The second-order valence-corrected chi connectivity index (χ2v) is 8.21. The number of hydrogen-bond donors (Lipinski definition) is 2. The third kappa shape index (κ3) is 4.04. The van der Waals surface area contributed by atoms with E-state index in [-0.39, 0.29) is 14.2 Å². The van der Waals surface area contributed by atoms with Crippen LogP contribution in [0, 0.1) is 12.7 Å². The summed E-state index contributed by atoms with van der Waals surface area (Å²) in [4.78, 5) is 17.5. The number of nitrogens with zero attached hydrogens (tertiary/aromatic N) is 6. The highest BCUT2D eigenvalue weighted by molar-refractivity contribution is 5.86. The highest BCUT2D eigenvalue weighted by atomic mass is 19.1. The van der Waals surface area contributed by atoms with Gasteiger partial charge < -0.3 is 4.98 Å². The monoisotopic (exact) mass is 466 g/mol. The summed E-state index contributed by atoms with van der Waals surface area (Å²) >= 11 is 0. The van der Waals surface area contributed by atoms with Crippen LogP contribution in [0.2, 0.25) is 0 Å². The first-order chi connectivity index (χ1) is 17.1. The molecule has 2 aromatic carbocycles. The number of nitrogens with one attached hydrogen (secondary N) is 2. The lowest BCUT2D eigenvalue weighted by Gasteiger charge is -2.05. The molecule has 0 saturated carbocycles. The van der Waals surface area contributed by atoms with Crippen molar-refractivity contribution in [3.05, 3.63) is 95.8 Å². The molecule has 4 heterocycles. The number of rotatable bonds is 5. The van der Waals surface area contributed by atoms with Crippen molar-refractivity contribution in [1.82, 2.24) is 40.6 Å². The van der Waals surface area contributed by atoms with E-state index in [2.05, 4.69) is 36.7 Å². The topological polar surface area (TPSA) is 109 Å². The minimum Gasteiger partial charge on any atom is -0.340 e. The van der Waals surface area contributed by atoms with E-state index in [0.29, 0.717) is 6.42 Å². The minimum atomic E-state index is -0.412. The Hall–Kier alpha value is -4.79. The normalized spacial score (nSPS) is 11.3. The third-order valence-electron chi connectivity index (χ3n) is 5.76. The summed E-state index contributed by atoms with van der Waals surface area (Å²) in [6.45, 7) is 1.96. The Bertz CT molecular complexity index is 1670. The zero-order valence-corrected chi connectivity index (χ0v) is 18.7. The molecule has 8 nitrogen and oxygen atoms in total. The van der Waals surface area contributed by atoms with Crippen molar-refractivity contribution in [2.75, 3.05) is 0 Å². The van der Waals surface area contributed by atoms with Gasteiger partial charge in [0.2, 0.25) is 5.82 Å². The molecule has 0 aliphatic carbocycles. The predicted octanol–water partition coefficient (Wildman–Crippen LogP) is 5.40. The van der Waals surface area contributed by atoms with Crippen molar-refractivity contribution >= 4 is 10.9 Å². The number of aromatic amines is 2. The molecule has 0 atom stereocenters. The van der Waals surface area contributed by atoms with Crippen molar-refractivity contribution in [2.24, 2.45) is 0 Å². The van der Waals surface area contributed by atoms with Crippen molar-refractivity contribution in [1.29, 1.82) is 0 Å². The molecule has 0 saturated heterocycles. The van der Waals surface area contributed by atoms with Crippen LogP contribution in [0.3, 0.4) is 0 Å². The summed E-state index contributed by atoms with van der Waals surface area (Å²) < 4.78 is 14.4. The van der Waals surface area contributed by atoms with Gasteiger partial charge in [-0.05, 0) is 60.2 Å². The Labute approximate surface area is 202 Å². The van der Waals surface area contributed by atoms with Crippen molar-refractivity contribution in [2.45, 2.75) is 13.3 Å². The van der Waals surface area contributed by atoms with Crippen LogP contribution in [-0.2, 0) is 6.42 Å². The fraction of sp³-hybridized carbons (Fsp3) is 0.0769. The van der Waals surface area contributed by atoms with E-state index in [9.17, 15) is 4.39 Å². The molecule has 0 amide bonds. The van der Waals surface area contributed by atoms with Crippen LogP contribution >= 0.6 is 0 Å². The van der Waals surface area contributed by atoms with Gasteiger partial charge in [-0.3, -0.25) is 9.97 Å². The third-order valence-corrected chi connectivity index (χ3v) is 5.76. The van der Waals surface area contributed by atoms with Gasteiger partial charge in [0.25, 0.3) is 0 Å². The van der Waals surface area contributed by atoms with Gasteiger partial charge in [-0.15, -0.1) is 10.2 Å². The van der Waals surface area contributed by atoms with E-state index >= 15 is 0 Å². The first kappa shape index (κ1) is 20.8. The summed E-state index contributed by atoms with van der Waals surface area (Å²) in [5.41, 5.74) is 6.35. The first-order valence-electron chi connectivity index (χ1n) is 11.0. The zero-order valence-electron chi connectivity index (χ0n) is 18.7. The van der Waals surface area contributed by atoms with Crippen molar-refractivity contribution in [3.8, 4) is 34.0 Å². The van der Waals surface area contributed by atoms with Crippen LogP contribution in [0.5, 0.6) is 0 Å². The lowest BCUT2D eigenvalue weighted by atomic mass is 10.1.